The molecule has 0 saturated carbocycles. The number of nitrogens with zero attached hydrogens (tertiary/aromatic N) is 1. The number of hydrogen-bond acceptors (Lipinski definition) is 4. The molecule has 2 heterocycles. The van der Waals surface area contributed by atoms with Gasteiger partial charge in [0.25, 0.3) is 11.5 Å². The van der Waals surface area contributed by atoms with Gasteiger partial charge in [-0.3, -0.25) is 14.2 Å². The predicted octanol–water partition coefficient (Wildman–Crippen LogP) is 2.38. The molecule has 1 aliphatic heterocycles. The number of aromatic nitrogens is 2. The third kappa shape index (κ3) is 3.42. The largest absolute Gasteiger partial charge is 0.376 e. The molecule has 0 aliphatic carbocycles. The van der Waals surface area contributed by atoms with Crippen LogP contribution < -0.4 is 10.9 Å². The number of ether oxygens (including phenoxy) is 1. The first-order valence-electron chi connectivity index (χ1n) is 8.15. The number of nitrogens with one attached hydrogen (secondary N) is 2. The van der Waals surface area contributed by atoms with E-state index in [1.54, 1.807) is 22.8 Å². The maximum absolute atomic E-state index is 12.7. The minimum atomic E-state index is -0.172. The molecule has 1 fully saturated rings. The second kappa shape index (κ2) is 6.86. The van der Waals surface area contributed by atoms with Crippen LogP contribution in [-0.4, -0.2) is 34.2 Å². The molecule has 1 aliphatic rings. The van der Waals surface area contributed by atoms with Gasteiger partial charge in [-0.25, -0.2) is 0 Å². The number of benzene rings is 1. The zero-order valence-electron chi connectivity index (χ0n) is 13.8. The van der Waals surface area contributed by atoms with Crippen LogP contribution in [-0.2, 0) is 11.3 Å². The van der Waals surface area contributed by atoms with Gasteiger partial charge in [-0.05, 0) is 57.1 Å². The van der Waals surface area contributed by atoms with E-state index in [0.717, 1.165) is 19.4 Å². The molecule has 0 radical (unpaired) electrons. The molecular weight excluding hydrogens is 326 g/mol. The number of H-pyrrole nitrogens is 1. The van der Waals surface area contributed by atoms with Gasteiger partial charge in [0.15, 0.2) is 4.77 Å². The summed E-state index contributed by atoms with van der Waals surface area (Å²) in [5.74, 6) is -0.172. The summed E-state index contributed by atoms with van der Waals surface area (Å²) in [4.78, 5) is 27.9. The molecule has 6 nitrogen and oxygen atoms in total. The average molecular weight is 347 g/mol. The van der Waals surface area contributed by atoms with Crippen LogP contribution in [0.3, 0.4) is 0 Å². The summed E-state index contributed by atoms with van der Waals surface area (Å²) in [6.07, 6.45) is 1.98. The van der Waals surface area contributed by atoms with Gasteiger partial charge in [0.1, 0.15) is 0 Å². The van der Waals surface area contributed by atoms with E-state index in [1.165, 1.54) is 0 Å². The fourth-order valence-corrected chi connectivity index (χ4v) is 3.17. The normalized spacial score (nSPS) is 17.5. The monoisotopic (exact) mass is 347 g/mol. The van der Waals surface area contributed by atoms with E-state index in [0.29, 0.717) is 27.8 Å². The first kappa shape index (κ1) is 16.9. The van der Waals surface area contributed by atoms with Gasteiger partial charge in [0, 0.05) is 18.2 Å². The molecular formula is C17H21N3O3S. The van der Waals surface area contributed by atoms with Gasteiger partial charge in [-0.2, -0.15) is 0 Å². The average Bonchev–Trinajstić information content (AvgIpc) is 3.03. The lowest BCUT2D eigenvalue weighted by Crippen LogP contribution is -2.30. The molecule has 0 unspecified atom stereocenters. The molecule has 1 aromatic carbocycles. The van der Waals surface area contributed by atoms with Crippen LogP contribution in [0.5, 0.6) is 0 Å². The standard InChI is InChI=1S/C17H21N3O3S/c1-10(2)18-15(21)11-5-6-13-14(8-11)19-17(24)20(16(13)22)9-12-4-3-7-23-12/h5-6,8,10,12H,3-4,7,9H2,1-2H3,(H,18,21)(H,19,24)/t12-/m1/s1. The lowest BCUT2D eigenvalue weighted by atomic mass is 10.1. The summed E-state index contributed by atoms with van der Waals surface area (Å²) in [6.45, 7) is 4.99. The summed E-state index contributed by atoms with van der Waals surface area (Å²) in [5.41, 5.74) is 0.920. The zero-order valence-corrected chi connectivity index (χ0v) is 14.6. The van der Waals surface area contributed by atoms with Crippen LogP contribution in [0.4, 0.5) is 0 Å². The Morgan fingerprint density at radius 3 is 2.96 bits per heavy atom. The lowest BCUT2D eigenvalue weighted by molar-refractivity contribution is 0.0943. The molecule has 1 aromatic heterocycles. The molecule has 1 atom stereocenters. The van der Waals surface area contributed by atoms with Crippen LogP contribution in [0.2, 0.25) is 0 Å². The number of carbonyl (C=O) groups is 1. The molecule has 2 aromatic rings. The highest BCUT2D eigenvalue weighted by Crippen LogP contribution is 2.15. The second-order valence-corrected chi connectivity index (χ2v) is 6.76. The smallest absolute Gasteiger partial charge is 0.262 e. The SMILES string of the molecule is CC(C)NC(=O)c1ccc2c(=O)n(C[C@H]3CCCO3)c(=S)[nH]c2c1. The highest BCUT2D eigenvalue weighted by Gasteiger charge is 2.18. The zero-order chi connectivity index (χ0) is 17.3. The van der Waals surface area contributed by atoms with Gasteiger partial charge in [0.2, 0.25) is 0 Å². The van der Waals surface area contributed by atoms with Gasteiger partial charge in [-0.15, -0.1) is 0 Å². The van der Waals surface area contributed by atoms with E-state index >= 15 is 0 Å². The van der Waals surface area contributed by atoms with E-state index in [1.807, 2.05) is 13.8 Å². The van der Waals surface area contributed by atoms with Crippen molar-refractivity contribution in [3.8, 4) is 0 Å². The molecule has 1 saturated heterocycles. The number of aromatic amines is 1. The highest BCUT2D eigenvalue weighted by atomic mass is 32.1. The fourth-order valence-electron chi connectivity index (χ4n) is 2.90. The molecule has 0 spiro atoms. The molecule has 24 heavy (non-hydrogen) atoms. The number of fused-ring (bicyclic) bond motifs is 1. The summed E-state index contributed by atoms with van der Waals surface area (Å²) in [7, 11) is 0. The molecule has 1 amide bonds. The first-order chi connectivity index (χ1) is 11.5. The van der Waals surface area contributed by atoms with Crippen molar-refractivity contribution < 1.29 is 9.53 Å². The number of carbonyl (C=O) groups excluding carboxylic acids is 1. The lowest BCUT2D eigenvalue weighted by Gasteiger charge is -2.13. The quantitative estimate of drug-likeness (QED) is 0.833. The summed E-state index contributed by atoms with van der Waals surface area (Å²) in [5, 5.41) is 3.35. The van der Waals surface area contributed by atoms with Crippen LogP contribution >= 0.6 is 12.2 Å². The number of amides is 1. The Labute approximate surface area is 144 Å². The van der Waals surface area contributed by atoms with Crippen molar-refractivity contribution in [2.24, 2.45) is 0 Å². The van der Waals surface area contributed by atoms with Crippen molar-refractivity contribution in [1.29, 1.82) is 0 Å². The molecule has 0 bridgehead atoms. The number of rotatable bonds is 4. The van der Waals surface area contributed by atoms with Crippen molar-refractivity contribution in [2.45, 2.75) is 45.4 Å². The van der Waals surface area contributed by atoms with Crippen molar-refractivity contribution in [1.82, 2.24) is 14.9 Å². The molecule has 2 N–H and O–H groups in total. The van der Waals surface area contributed by atoms with Crippen molar-refractivity contribution in [2.75, 3.05) is 6.61 Å². The van der Waals surface area contributed by atoms with E-state index in [4.69, 9.17) is 17.0 Å². The van der Waals surface area contributed by atoms with E-state index < -0.39 is 0 Å². The van der Waals surface area contributed by atoms with Crippen LogP contribution in [0.25, 0.3) is 10.9 Å². The Morgan fingerprint density at radius 2 is 2.29 bits per heavy atom. The molecule has 128 valence electrons. The predicted molar refractivity (Wildman–Crippen MR) is 95.0 cm³/mol. The van der Waals surface area contributed by atoms with Crippen LogP contribution in [0.1, 0.15) is 37.0 Å². The van der Waals surface area contributed by atoms with Crippen molar-refractivity contribution >= 4 is 29.0 Å². The van der Waals surface area contributed by atoms with Gasteiger partial charge >= 0.3 is 0 Å². The second-order valence-electron chi connectivity index (χ2n) is 6.37. The number of hydrogen-bond donors (Lipinski definition) is 2. The van der Waals surface area contributed by atoms with Gasteiger partial charge < -0.3 is 15.0 Å². The topological polar surface area (TPSA) is 76.1 Å². The van der Waals surface area contributed by atoms with Crippen LogP contribution in [0, 0.1) is 4.77 Å². The fraction of sp³-hybridized carbons (Fsp3) is 0.471. The van der Waals surface area contributed by atoms with E-state index in [-0.39, 0.29) is 23.6 Å². The van der Waals surface area contributed by atoms with E-state index in [9.17, 15) is 9.59 Å². The highest BCUT2D eigenvalue weighted by molar-refractivity contribution is 7.71. The Hall–Kier alpha value is -1.99. The van der Waals surface area contributed by atoms with Crippen molar-refractivity contribution in [3.63, 3.8) is 0 Å². The Morgan fingerprint density at radius 1 is 1.50 bits per heavy atom. The van der Waals surface area contributed by atoms with Crippen molar-refractivity contribution in [3.05, 3.63) is 38.9 Å². The summed E-state index contributed by atoms with van der Waals surface area (Å²) < 4.78 is 7.49. The minimum absolute atomic E-state index is 0.0337. The summed E-state index contributed by atoms with van der Waals surface area (Å²) in [6, 6.07) is 5.05. The maximum atomic E-state index is 12.7. The summed E-state index contributed by atoms with van der Waals surface area (Å²) >= 11 is 5.33. The molecule has 7 heteroatoms. The molecule has 3 rings (SSSR count). The third-order valence-electron chi connectivity index (χ3n) is 4.07. The van der Waals surface area contributed by atoms with Crippen LogP contribution in [0.15, 0.2) is 23.0 Å². The van der Waals surface area contributed by atoms with Gasteiger partial charge in [0.05, 0.1) is 23.6 Å². The maximum Gasteiger partial charge on any atom is 0.262 e. The van der Waals surface area contributed by atoms with E-state index in [2.05, 4.69) is 10.3 Å². The third-order valence-corrected chi connectivity index (χ3v) is 4.40. The first-order valence-corrected chi connectivity index (χ1v) is 8.56. The Kier molecular flexibility index (Phi) is 4.82. The Balaban J connectivity index is 1.99. The minimum Gasteiger partial charge on any atom is -0.376 e. The Bertz CT molecular complexity index is 879. The van der Waals surface area contributed by atoms with Gasteiger partial charge in [-0.1, -0.05) is 0 Å².